The summed E-state index contributed by atoms with van der Waals surface area (Å²) in [5, 5.41) is 9.54. The van der Waals surface area contributed by atoms with Gasteiger partial charge in [0.15, 0.2) is 0 Å². The number of anilines is 2. The van der Waals surface area contributed by atoms with Crippen LogP contribution in [-0.4, -0.2) is 44.4 Å². The van der Waals surface area contributed by atoms with E-state index in [4.69, 9.17) is 4.52 Å². The molecule has 1 aromatic carbocycles. The molecule has 27 heavy (non-hydrogen) atoms. The molecule has 1 amide bonds. The van der Waals surface area contributed by atoms with E-state index in [1.807, 2.05) is 27.7 Å². The molecule has 0 unspecified atom stereocenters. The van der Waals surface area contributed by atoms with Crippen LogP contribution in [0.15, 0.2) is 33.7 Å². The molecule has 2 aromatic rings. The van der Waals surface area contributed by atoms with Crippen molar-refractivity contribution in [2.24, 2.45) is 0 Å². The van der Waals surface area contributed by atoms with Crippen molar-refractivity contribution in [1.29, 1.82) is 0 Å². The van der Waals surface area contributed by atoms with Crippen molar-refractivity contribution in [3.05, 3.63) is 35.5 Å². The first-order valence-electron chi connectivity index (χ1n) is 8.45. The Morgan fingerprint density at radius 3 is 2.44 bits per heavy atom. The summed E-state index contributed by atoms with van der Waals surface area (Å²) in [7, 11) is -0.603. The average Bonchev–Trinajstić information content (AvgIpc) is 3.02. The third-order valence-corrected chi connectivity index (χ3v) is 5.78. The van der Waals surface area contributed by atoms with E-state index in [1.165, 1.54) is 20.2 Å². The number of aryl methyl sites for hydroxylation is 1. The summed E-state index contributed by atoms with van der Waals surface area (Å²) in [6.45, 7) is 7.77. The van der Waals surface area contributed by atoms with E-state index in [2.05, 4.69) is 15.8 Å². The number of carbonyl (C=O) groups is 1. The highest BCUT2D eigenvalue weighted by Crippen LogP contribution is 2.24. The topological polar surface area (TPSA) is 105 Å². The molecule has 8 nitrogen and oxygen atoms in total. The van der Waals surface area contributed by atoms with Crippen LogP contribution in [0.25, 0.3) is 0 Å². The minimum absolute atomic E-state index is 0.0438. The van der Waals surface area contributed by atoms with Gasteiger partial charge in [0, 0.05) is 31.3 Å². The van der Waals surface area contributed by atoms with Gasteiger partial charge in [-0.1, -0.05) is 32.0 Å². The van der Waals surface area contributed by atoms with Gasteiger partial charge in [-0.25, -0.2) is 12.7 Å². The fraction of sp³-hybridized carbons (Fsp3) is 0.444. The first kappa shape index (κ1) is 20.9. The fourth-order valence-electron chi connectivity index (χ4n) is 2.21. The third kappa shape index (κ3) is 5.08. The number of hydrogen-bond acceptors (Lipinski definition) is 6. The van der Waals surface area contributed by atoms with Crippen LogP contribution < -0.4 is 10.6 Å². The van der Waals surface area contributed by atoms with Crippen LogP contribution in [-0.2, 0) is 20.2 Å². The highest BCUT2D eigenvalue weighted by atomic mass is 32.2. The number of amides is 1. The van der Waals surface area contributed by atoms with E-state index in [9.17, 15) is 13.2 Å². The highest BCUT2D eigenvalue weighted by Gasteiger charge is 2.20. The zero-order chi connectivity index (χ0) is 20.4. The predicted octanol–water partition coefficient (Wildman–Crippen LogP) is 2.58. The second-order valence-electron chi connectivity index (χ2n) is 7.49. The molecule has 0 spiro atoms. The Balaban J connectivity index is 2.06. The van der Waals surface area contributed by atoms with E-state index in [0.717, 1.165) is 15.6 Å². The number of rotatable bonds is 6. The molecule has 0 radical (unpaired) electrons. The largest absolute Gasteiger partial charge is 0.376 e. The second-order valence-corrected chi connectivity index (χ2v) is 9.64. The van der Waals surface area contributed by atoms with Gasteiger partial charge in [-0.05, 0) is 24.6 Å². The van der Waals surface area contributed by atoms with E-state index in [1.54, 1.807) is 18.2 Å². The number of aromatic nitrogens is 1. The Kier molecular flexibility index (Phi) is 5.96. The molecule has 1 heterocycles. The van der Waals surface area contributed by atoms with E-state index < -0.39 is 10.0 Å². The standard InChI is InChI=1S/C18H26N4O4S/c1-12-7-8-13(27(24,25)22(5)6)9-14(12)19-11-16(23)20-17-10-15(21-26-17)18(2,3)4/h7-10,19H,11H2,1-6H3,(H,20,23). The molecule has 0 fully saturated rings. The third-order valence-electron chi connectivity index (χ3n) is 3.97. The Hall–Kier alpha value is -2.39. The predicted molar refractivity (Wildman–Crippen MR) is 104 cm³/mol. The molecule has 148 valence electrons. The number of nitrogens with one attached hydrogen (secondary N) is 2. The first-order valence-corrected chi connectivity index (χ1v) is 9.89. The summed E-state index contributed by atoms with van der Waals surface area (Å²) in [5.41, 5.74) is 1.96. The number of benzene rings is 1. The van der Waals surface area contributed by atoms with E-state index in [0.29, 0.717) is 5.69 Å². The van der Waals surface area contributed by atoms with Gasteiger partial charge in [-0.3, -0.25) is 10.1 Å². The lowest BCUT2D eigenvalue weighted by molar-refractivity contribution is -0.114. The van der Waals surface area contributed by atoms with Crippen LogP contribution in [0.3, 0.4) is 0 Å². The smallest absolute Gasteiger partial charge is 0.246 e. The molecule has 0 bridgehead atoms. The first-order chi connectivity index (χ1) is 12.4. The quantitative estimate of drug-likeness (QED) is 0.780. The zero-order valence-corrected chi connectivity index (χ0v) is 17.3. The maximum Gasteiger partial charge on any atom is 0.246 e. The Bertz CT molecular complexity index is 927. The van der Waals surface area contributed by atoms with Crippen LogP contribution in [0.1, 0.15) is 32.0 Å². The van der Waals surface area contributed by atoms with Crippen molar-refractivity contribution >= 4 is 27.5 Å². The molecule has 0 atom stereocenters. The normalized spacial score (nSPS) is 12.3. The molecule has 0 saturated carbocycles. The van der Waals surface area contributed by atoms with Crippen molar-refractivity contribution in [3.8, 4) is 0 Å². The summed E-state index contributed by atoms with van der Waals surface area (Å²) in [6, 6.07) is 6.44. The lowest BCUT2D eigenvalue weighted by Gasteiger charge is -2.14. The minimum Gasteiger partial charge on any atom is -0.376 e. The molecule has 0 saturated heterocycles. The van der Waals surface area contributed by atoms with E-state index >= 15 is 0 Å². The summed E-state index contributed by atoms with van der Waals surface area (Å²) in [4.78, 5) is 12.3. The lowest BCUT2D eigenvalue weighted by Crippen LogP contribution is -2.23. The fourth-order valence-corrected chi connectivity index (χ4v) is 3.14. The van der Waals surface area contributed by atoms with Gasteiger partial charge in [0.25, 0.3) is 0 Å². The van der Waals surface area contributed by atoms with Gasteiger partial charge in [-0.2, -0.15) is 0 Å². The van der Waals surface area contributed by atoms with Crippen molar-refractivity contribution in [3.63, 3.8) is 0 Å². The summed E-state index contributed by atoms with van der Waals surface area (Å²) < 4.78 is 30.8. The lowest BCUT2D eigenvalue weighted by atomic mass is 9.92. The van der Waals surface area contributed by atoms with Gasteiger partial charge in [0.1, 0.15) is 0 Å². The SMILES string of the molecule is Cc1ccc(S(=O)(=O)N(C)C)cc1NCC(=O)Nc1cc(C(C)(C)C)no1. The number of hydrogen-bond donors (Lipinski definition) is 2. The van der Waals surface area contributed by atoms with Gasteiger partial charge >= 0.3 is 0 Å². The molecule has 2 rings (SSSR count). The molecule has 2 N–H and O–H groups in total. The molecule has 1 aromatic heterocycles. The zero-order valence-electron chi connectivity index (χ0n) is 16.5. The average molecular weight is 394 g/mol. The van der Waals surface area contributed by atoms with Crippen molar-refractivity contribution in [2.75, 3.05) is 31.3 Å². The van der Waals surface area contributed by atoms with Crippen molar-refractivity contribution in [1.82, 2.24) is 9.46 Å². The summed E-state index contributed by atoms with van der Waals surface area (Å²) >= 11 is 0. The Labute approximate surface area is 160 Å². The van der Waals surface area contributed by atoms with Crippen LogP contribution in [0.4, 0.5) is 11.6 Å². The maximum atomic E-state index is 12.3. The van der Waals surface area contributed by atoms with Gasteiger partial charge in [0.05, 0.1) is 17.1 Å². The second kappa shape index (κ2) is 7.69. The molecule has 0 aliphatic carbocycles. The monoisotopic (exact) mass is 394 g/mol. The molecule has 0 aliphatic heterocycles. The molecule has 9 heteroatoms. The number of carbonyl (C=O) groups excluding carboxylic acids is 1. The minimum atomic E-state index is -3.55. The van der Waals surface area contributed by atoms with E-state index in [-0.39, 0.29) is 28.6 Å². The van der Waals surface area contributed by atoms with Gasteiger partial charge in [-0.15, -0.1) is 0 Å². The van der Waals surface area contributed by atoms with Crippen molar-refractivity contribution in [2.45, 2.75) is 38.0 Å². The highest BCUT2D eigenvalue weighted by molar-refractivity contribution is 7.89. The van der Waals surface area contributed by atoms with Crippen LogP contribution in [0.5, 0.6) is 0 Å². The Morgan fingerprint density at radius 2 is 1.89 bits per heavy atom. The van der Waals surface area contributed by atoms with Crippen LogP contribution in [0.2, 0.25) is 0 Å². The molecular weight excluding hydrogens is 368 g/mol. The summed E-state index contributed by atoms with van der Waals surface area (Å²) in [5.74, 6) is -0.0562. The molecule has 0 aliphatic rings. The molecular formula is C18H26N4O4S. The maximum absolute atomic E-state index is 12.3. The van der Waals surface area contributed by atoms with Crippen LogP contribution >= 0.6 is 0 Å². The Morgan fingerprint density at radius 1 is 1.22 bits per heavy atom. The summed E-state index contributed by atoms with van der Waals surface area (Å²) in [6.07, 6.45) is 0. The van der Waals surface area contributed by atoms with Gasteiger partial charge < -0.3 is 9.84 Å². The number of nitrogens with zero attached hydrogens (tertiary/aromatic N) is 2. The van der Waals surface area contributed by atoms with Crippen LogP contribution in [0, 0.1) is 6.92 Å². The number of sulfonamides is 1. The van der Waals surface area contributed by atoms with Crippen molar-refractivity contribution < 1.29 is 17.7 Å². The van der Waals surface area contributed by atoms with Gasteiger partial charge in [0.2, 0.25) is 21.8 Å².